The molecule has 4 heteroatoms. The quantitative estimate of drug-likeness (QED) is 0.162. The zero-order valence-corrected chi connectivity index (χ0v) is 22.5. The summed E-state index contributed by atoms with van der Waals surface area (Å²) in [5.41, 5.74) is 24.4. The van der Waals surface area contributed by atoms with Crippen LogP contribution in [0.2, 0.25) is 0 Å². The van der Waals surface area contributed by atoms with Crippen LogP contribution in [-0.2, 0) is 5.41 Å². The van der Waals surface area contributed by atoms with E-state index in [0.29, 0.717) is 0 Å². The van der Waals surface area contributed by atoms with E-state index < -0.39 is 5.41 Å². The van der Waals surface area contributed by atoms with Crippen LogP contribution in [-0.4, -0.2) is 0 Å². The molecule has 4 nitrogen and oxygen atoms in total. The van der Waals surface area contributed by atoms with Gasteiger partial charge < -0.3 is 22.1 Å². The van der Waals surface area contributed by atoms with Crippen molar-refractivity contribution < 1.29 is 0 Å². The third kappa shape index (κ3) is 4.26. The monoisotopic (exact) mass is 530 g/mol. The highest BCUT2D eigenvalue weighted by Gasteiger charge is 2.45. The normalized spacial score (nSPS) is 12.8. The molecule has 0 spiro atoms. The van der Waals surface area contributed by atoms with Crippen LogP contribution < -0.4 is 22.1 Å². The Kier molecular flexibility index (Phi) is 5.94. The smallest absolute Gasteiger partial charge is 0.0713 e. The predicted molar refractivity (Wildman–Crippen MR) is 172 cm³/mol. The summed E-state index contributed by atoms with van der Waals surface area (Å²) in [4.78, 5) is 0. The van der Waals surface area contributed by atoms with Crippen LogP contribution in [0.4, 0.5) is 34.1 Å². The lowest BCUT2D eigenvalue weighted by molar-refractivity contribution is 0.769. The third-order valence-corrected chi connectivity index (χ3v) is 7.99. The number of nitrogens with one attached hydrogen (secondary N) is 2. The highest BCUT2D eigenvalue weighted by molar-refractivity contribution is 5.86. The first-order valence-corrected chi connectivity index (χ1v) is 13.8. The fourth-order valence-electron chi connectivity index (χ4n) is 6.10. The van der Waals surface area contributed by atoms with Crippen LogP contribution in [0.15, 0.2) is 146 Å². The molecule has 0 radical (unpaired) electrons. The Balaban J connectivity index is 1.34. The average molecular weight is 531 g/mol. The van der Waals surface area contributed by atoms with Gasteiger partial charge >= 0.3 is 0 Å². The first kappa shape index (κ1) is 24.6. The summed E-state index contributed by atoms with van der Waals surface area (Å²) in [6.07, 6.45) is 0. The first-order valence-electron chi connectivity index (χ1n) is 13.8. The summed E-state index contributed by atoms with van der Waals surface area (Å²) in [7, 11) is 0. The van der Waals surface area contributed by atoms with E-state index in [4.69, 9.17) is 11.5 Å². The molecule has 0 saturated carbocycles. The van der Waals surface area contributed by atoms with Gasteiger partial charge in [-0.3, -0.25) is 0 Å². The SMILES string of the molecule is Nc1ccc(Nc2ccc(C3(c4ccc(Nc5ccc(N)cc5)cc4)c4ccccc4-c4ccccc43)cc2)cc1. The van der Waals surface area contributed by atoms with Gasteiger partial charge in [0.1, 0.15) is 0 Å². The molecular formula is C37H30N4. The average Bonchev–Trinajstić information content (AvgIpc) is 3.32. The summed E-state index contributed by atoms with van der Waals surface area (Å²) in [5, 5.41) is 7.00. The molecule has 198 valence electrons. The number of anilines is 6. The van der Waals surface area contributed by atoms with Crippen molar-refractivity contribution in [3.8, 4) is 11.1 Å². The molecule has 0 aromatic heterocycles. The van der Waals surface area contributed by atoms with Crippen LogP contribution in [0.25, 0.3) is 11.1 Å². The molecule has 0 saturated heterocycles. The van der Waals surface area contributed by atoms with Gasteiger partial charge in [0.25, 0.3) is 0 Å². The van der Waals surface area contributed by atoms with Crippen molar-refractivity contribution in [2.45, 2.75) is 5.41 Å². The standard InChI is InChI=1S/C37H30N4/c38-27-13-21-31(22-14-27)40-29-17-9-25(10-18-29)37(35-7-3-1-5-33(35)34-6-2-4-8-36(34)37)26-11-19-30(20-12-26)41-32-23-15-28(39)16-24-32/h1-24,40-41H,38-39H2. The molecule has 41 heavy (non-hydrogen) atoms. The number of fused-ring (bicyclic) bond motifs is 3. The van der Waals surface area contributed by atoms with Crippen LogP contribution in [0.5, 0.6) is 0 Å². The van der Waals surface area contributed by atoms with Crippen molar-refractivity contribution in [3.05, 3.63) is 168 Å². The number of hydrogen-bond donors (Lipinski definition) is 4. The molecule has 0 heterocycles. The van der Waals surface area contributed by atoms with Crippen molar-refractivity contribution in [2.75, 3.05) is 22.1 Å². The molecule has 0 aliphatic heterocycles. The Labute approximate surface area is 240 Å². The lowest BCUT2D eigenvalue weighted by Gasteiger charge is -2.34. The maximum Gasteiger partial charge on any atom is 0.0713 e. The van der Waals surface area contributed by atoms with Crippen molar-refractivity contribution >= 4 is 34.1 Å². The maximum atomic E-state index is 5.87. The van der Waals surface area contributed by atoms with E-state index in [2.05, 4.69) is 108 Å². The minimum absolute atomic E-state index is 0.452. The minimum atomic E-state index is -0.452. The zero-order chi connectivity index (χ0) is 27.8. The van der Waals surface area contributed by atoms with Gasteiger partial charge in [-0.25, -0.2) is 0 Å². The molecule has 1 aliphatic rings. The minimum Gasteiger partial charge on any atom is -0.399 e. The van der Waals surface area contributed by atoms with E-state index in [1.807, 2.05) is 48.5 Å². The molecule has 6 aromatic carbocycles. The second-order valence-corrected chi connectivity index (χ2v) is 10.5. The van der Waals surface area contributed by atoms with E-state index in [9.17, 15) is 0 Å². The lowest BCUT2D eigenvalue weighted by atomic mass is 9.67. The Hall–Kier alpha value is -5.48. The van der Waals surface area contributed by atoms with Crippen molar-refractivity contribution in [1.82, 2.24) is 0 Å². The fourth-order valence-corrected chi connectivity index (χ4v) is 6.10. The Morgan fingerprint density at radius 2 is 0.683 bits per heavy atom. The topological polar surface area (TPSA) is 76.1 Å². The Bertz CT molecular complexity index is 1680. The van der Waals surface area contributed by atoms with E-state index in [-0.39, 0.29) is 0 Å². The molecule has 0 amide bonds. The highest BCUT2D eigenvalue weighted by atomic mass is 14.9. The fraction of sp³-hybridized carbons (Fsp3) is 0.0270. The molecule has 0 bridgehead atoms. The molecule has 6 aromatic rings. The highest BCUT2D eigenvalue weighted by Crippen LogP contribution is 2.56. The number of nitrogens with two attached hydrogens (primary N) is 2. The number of rotatable bonds is 6. The van der Waals surface area contributed by atoms with E-state index in [1.165, 1.54) is 33.4 Å². The molecule has 1 aliphatic carbocycles. The molecule has 0 unspecified atom stereocenters. The predicted octanol–water partition coefficient (Wildman–Crippen LogP) is 8.70. The van der Waals surface area contributed by atoms with Gasteiger partial charge in [0.2, 0.25) is 0 Å². The third-order valence-electron chi connectivity index (χ3n) is 7.99. The number of nitrogen functional groups attached to an aromatic ring is 2. The first-order chi connectivity index (χ1) is 20.1. The largest absolute Gasteiger partial charge is 0.399 e. The number of benzene rings is 6. The Morgan fingerprint density at radius 1 is 0.366 bits per heavy atom. The van der Waals surface area contributed by atoms with Crippen LogP contribution >= 0.6 is 0 Å². The second kappa shape index (κ2) is 9.92. The van der Waals surface area contributed by atoms with Gasteiger partial charge in [0, 0.05) is 34.1 Å². The van der Waals surface area contributed by atoms with Gasteiger partial charge in [0.05, 0.1) is 5.41 Å². The van der Waals surface area contributed by atoms with Gasteiger partial charge in [-0.05, 0) is 106 Å². The van der Waals surface area contributed by atoms with Gasteiger partial charge in [-0.2, -0.15) is 0 Å². The molecule has 0 fully saturated rings. The number of hydrogen-bond acceptors (Lipinski definition) is 4. The lowest BCUT2D eigenvalue weighted by Crippen LogP contribution is -2.28. The van der Waals surface area contributed by atoms with Crippen molar-refractivity contribution in [1.29, 1.82) is 0 Å². The van der Waals surface area contributed by atoms with Gasteiger partial charge in [-0.1, -0.05) is 72.8 Å². The molecule has 6 N–H and O–H groups in total. The van der Waals surface area contributed by atoms with E-state index in [1.54, 1.807) is 0 Å². The summed E-state index contributed by atoms with van der Waals surface area (Å²) < 4.78 is 0. The molecule has 0 atom stereocenters. The van der Waals surface area contributed by atoms with Crippen LogP contribution in [0.3, 0.4) is 0 Å². The van der Waals surface area contributed by atoms with E-state index >= 15 is 0 Å². The second-order valence-electron chi connectivity index (χ2n) is 10.5. The van der Waals surface area contributed by atoms with Gasteiger partial charge in [-0.15, -0.1) is 0 Å². The van der Waals surface area contributed by atoms with E-state index in [0.717, 1.165) is 34.1 Å². The van der Waals surface area contributed by atoms with Crippen LogP contribution in [0, 0.1) is 0 Å². The van der Waals surface area contributed by atoms with Crippen molar-refractivity contribution in [3.63, 3.8) is 0 Å². The molecular weight excluding hydrogens is 500 g/mol. The maximum absolute atomic E-state index is 5.87. The van der Waals surface area contributed by atoms with Gasteiger partial charge in [0.15, 0.2) is 0 Å². The van der Waals surface area contributed by atoms with Crippen molar-refractivity contribution in [2.24, 2.45) is 0 Å². The summed E-state index contributed by atoms with van der Waals surface area (Å²) in [5.74, 6) is 0. The molecule has 7 rings (SSSR count). The van der Waals surface area contributed by atoms with Crippen LogP contribution in [0.1, 0.15) is 22.3 Å². The summed E-state index contributed by atoms with van der Waals surface area (Å²) in [6, 6.07) is 50.8. The Morgan fingerprint density at radius 3 is 1.05 bits per heavy atom. The summed E-state index contributed by atoms with van der Waals surface area (Å²) >= 11 is 0. The summed E-state index contributed by atoms with van der Waals surface area (Å²) in [6.45, 7) is 0. The zero-order valence-electron chi connectivity index (χ0n) is 22.5.